The van der Waals surface area contributed by atoms with Crippen LogP contribution in [0.4, 0.5) is 0 Å². The number of amidine groups is 1. The molecule has 0 aliphatic carbocycles. The van der Waals surface area contributed by atoms with Crippen LogP contribution in [0.3, 0.4) is 0 Å². The lowest BCUT2D eigenvalue weighted by atomic mass is 10.2. The van der Waals surface area contributed by atoms with Gasteiger partial charge < -0.3 is 10.1 Å². The second-order valence-electron chi connectivity index (χ2n) is 3.14. The molecule has 3 heteroatoms. The third-order valence-corrected chi connectivity index (χ3v) is 2.11. The number of rotatable bonds is 4. The molecule has 70 valence electrons. The smallest absolute Gasteiger partial charge is 0.0966 e. The van der Waals surface area contributed by atoms with Crippen molar-refractivity contribution in [1.82, 2.24) is 5.32 Å². The molecule has 1 heterocycles. The topological polar surface area (TPSA) is 33.6 Å². The Balaban J connectivity index is 2.25. The Bertz CT molecular complexity index is 157. The summed E-state index contributed by atoms with van der Waals surface area (Å²) in [6.07, 6.45) is 3.40. The van der Waals surface area contributed by atoms with Gasteiger partial charge in [0.1, 0.15) is 0 Å². The van der Waals surface area contributed by atoms with E-state index in [4.69, 9.17) is 4.74 Å². The van der Waals surface area contributed by atoms with E-state index in [0.717, 1.165) is 26.0 Å². The minimum Gasteiger partial charge on any atom is -0.383 e. The number of aliphatic imine (C=N–C) groups is 1. The van der Waals surface area contributed by atoms with Crippen LogP contribution in [0, 0.1) is 0 Å². The van der Waals surface area contributed by atoms with E-state index in [-0.39, 0.29) is 0 Å². The van der Waals surface area contributed by atoms with Crippen LogP contribution in [-0.2, 0) is 4.74 Å². The first-order valence-electron chi connectivity index (χ1n) is 4.65. The fourth-order valence-electron chi connectivity index (χ4n) is 1.36. The average Bonchev–Trinajstić information content (AvgIpc) is 2.56. The van der Waals surface area contributed by atoms with Crippen molar-refractivity contribution < 1.29 is 4.74 Å². The molecule has 1 atom stereocenters. The third kappa shape index (κ3) is 2.81. The van der Waals surface area contributed by atoms with Crippen LogP contribution < -0.4 is 5.32 Å². The molecular formula is C9H18N2O. The zero-order valence-electron chi connectivity index (χ0n) is 7.97. The lowest BCUT2D eigenvalue weighted by Gasteiger charge is -2.16. The van der Waals surface area contributed by atoms with Crippen LogP contribution in [0.5, 0.6) is 0 Å². The van der Waals surface area contributed by atoms with Gasteiger partial charge in [-0.25, -0.2) is 0 Å². The maximum absolute atomic E-state index is 5.09. The van der Waals surface area contributed by atoms with Gasteiger partial charge in [0.2, 0.25) is 0 Å². The molecule has 0 spiro atoms. The van der Waals surface area contributed by atoms with Crippen molar-refractivity contribution in [3.8, 4) is 0 Å². The predicted molar refractivity (Wildman–Crippen MR) is 50.6 cm³/mol. The SMILES string of the molecule is CCC(COC)NC1=NCCC1. The molecule has 1 unspecified atom stereocenters. The van der Waals surface area contributed by atoms with E-state index >= 15 is 0 Å². The van der Waals surface area contributed by atoms with E-state index in [9.17, 15) is 0 Å². The van der Waals surface area contributed by atoms with E-state index in [0.29, 0.717) is 6.04 Å². The highest BCUT2D eigenvalue weighted by Crippen LogP contribution is 2.03. The Morgan fingerprint density at radius 2 is 2.50 bits per heavy atom. The maximum Gasteiger partial charge on any atom is 0.0966 e. The number of ether oxygens (including phenoxy) is 1. The van der Waals surface area contributed by atoms with Crippen LogP contribution in [-0.4, -0.2) is 32.1 Å². The zero-order valence-corrected chi connectivity index (χ0v) is 7.97. The van der Waals surface area contributed by atoms with Crippen LogP contribution in [0.2, 0.25) is 0 Å². The average molecular weight is 170 g/mol. The predicted octanol–water partition coefficient (Wildman–Crippen LogP) is 1.19. The number of nitrogens with one attached hydrogen (secondary N) is 1. The fraction of sp³-hybridized carbons (Fsp3) is 0.889. The first-order chi connectivity index (χ1) is 5.86. The number of hydrogen-bond donors (Lipinski definition) is 1. The first-order valence-corrected chi connectivity index (χ1v) is 4.65. The molecule has 0 amide bonds. The molecule has 1 aliphatic heterocycles. The third-order valence-electron chi connectivity index (χ3n) is 2.11. The summed E-state index contributed by atoms with van der Waals surface area (Å²) in [7, 11) is 1.74. The Morgan fingerprint density at radius 1 is 1.67 bits per heavy atom. The van der Waals surface area contributed by atoms with Crippen molar-refractivity contribution in [2.75, 3.05) is 20.3 Å². The molecule has 0 aromatic heterocycles. The molecule has 0 saturated heterocycles. The minimum absolute atomic E-state index is 0.437. The van der Waals surface area contributed by atoms with Gasteiger partial charge in [0.25, 0.3) is 0 Å². The van der Waals surface area contributed by atoms with E-state index < -0.39 is 0 Å². The summed E-state index contributed by atoms with van der Waals surface area (Å²) in [5.74, 6) is 1.17. The van der Waals surface area contributed by atoms with Crippen molar-refractivity contribution in [2.24, 2.45) is 4.99 Å². The summed E-state index contributed by atoms with van der Waals surface area (Å²) in [6.45, 7) is 3.92. The lowest BCUT2D eigenvalue weighted by molar-refractivity contribution is 0.172. The van der Waals surface area contributed by atoms with Crippen LogP contribution in [0.25, 0.3) is 0 Å². The Morgan fingerprint density at radius 3 is 3.00 bits per heavy atom. The summed E-state index contributed by atoms with van der Waals surface area (Å²) in [6, 6.07) is 0.437. The van der Waals surface area contributed by atoms with Gasteiger partial charge in [0, 0.05) is 20.1 Å². The number of methoxy groups -OCH3 is 1. The van der Waals surface area contributed by atoms with Gasteiger partial charge in [-0.2, -0.15) is 0 Å². The monoisotopic (exact) mass is 170 g/mol. The van der Waals surface area contributed by atoms with Gasteiger partial charge >= 0.3 is 0 Å². The molecule has 1 aliphatic rings. The molecule has 3 nitrogen and oxygen atoms in total. The molecular weight excluding hydrogens is 152 g/mol. The molecule has 1 N–H and O–H groups in total. The minimum atomic E-state index is 0.437. The largest absolute Gasteiger partial charge is 0.383 e. The standard InChI is InChI=1S/C9H18N2O/c1-3-8(7-12-2)11-9-5-4-6-10-9/h8H,3-7H2,1-2H3,(H,10,11). The summed E-state index contributed by atoms with van der Waals surface area (Å²) in [5.41, 5.74) is 0. The molecule has 0 bridgehead atoms. The second kappa shape index (κ2) is 5.14. The van der Waals surface area contributed by atoms with Gasteiger partial charge in [-0.15, -0.1) is 0 Å². The molecule has 0 aromatic carbocycles. The molecule has 0 fully saturated rings. The van der Waals surface area contributed by atoms with Crippen molar-refractivity contribution in [1.29, 1.82) is 0 Å². The normalized spacial score (nSPS) is 19.0. The summed E-state index contributed by atoms with van der Waals surface area (Å²) < 4.78 is 5.09. The van der Waals surface area contributed by atoms with Crippen molar-refractivity contribution >= 4 is 5.84 Å². The lowest BCUT2D eigenvalue weighted by Crippen LogP contribution is -2.36. The highest BCUT2D eigenvalue weighted by molar-refractivity contribution is 5.83. The highest BCUT2D eigenvalue weighted by atomic mass is 16.5. The molecule has 12 heavy (non-hydrogen) atoms. The first kappa shape index (κ1) is 9.52. The molecule has 0 saturated carbocycles. The van der Waals surface area contributed by atoms with Crippen LogP contribution >= 0.6 is 0 Å². The zero-order chi connectivity index (χ0) is 8.81. The van der Waals surface area contributed by atoms with Gasteiger partial charge in [-0.1, -0.05) is 6.92 Å². The Kier molecular flexibility index (Phi) is 4.08. The molecule has 0 radical (unpaired) electrons. The van der Waals surface area contributed by atoms with E-state index in [1.54, 1.807) is 7.11 Å². The van der Waals surface area contributed by atoms with Gasteiger partial charge in [0.15, 0.2) is 0 Å². The Hall–Kier alpha value is -0.570. The van der Waals surface area contributed by atoms with E-state index in [1.165, 1.54) is 12.3 Å². The van der Waals surface area contributed by atoms with E-state index in [2.05, 4.69) is 17.2 Å². The van der Waals surface area contributed by atoms with Crippen molar-refractivity contribution in [3.63, 3.8) is 0 Å². The summed E-state index contributed by atoms with van der Waals surface area (Å²) in [4.78, 5) is 4.36. The van der Waals surface area contributed by atoms with Crippen molar-refractivity contribution in [3.05, 3.63) is 0 Å². The molecule has 0 aromatic rings. The fourth-order valence-corrected chi connectivity index (χ4v) is 1.36. The quantitative estimate of drug-likeness (QED) is 0.687. The van der Waals surface area contributed by atoms with Gasteiger partial charge in [-0.3, -0.25) is 4.99 Å². The van der Waals surface area contributed by atoms with E-state index in [1.807, 2.05) is 0 Å². The highest BCUT2D eigenvalue weighted by Gasteiger charge is 2.10. The number of hydrogen-bond acceptors (Lipinski definition) is 3. The molecule has 1 rings (SSSR count). The van der Waals surface area contributed by atoms with Crippen LogP contribution in [0.1, 0.15) is 26.2 Å². The van der Waals surface area contributed by atoms with Crippen LogP contribution in [0.15, 0.2) is 4.99 Å². The summed E-state index contributed by atoms with van der Waals surface area (Å²) in [5, 5.41) is 3.39. The van der Waals surface area contributed by atoms with Crippen molar-refractivity contribution in [2.45, 2.75) is 32.2 Å². The Labute approximate surface area is 74.2 Å². The maximum atomic E-state index is 5.09. The van der Waals surface area contributed by atoms with Gasteiger partial charge in [0.05, 0.1) is 18.5 Å². The number of nitrogens with zero attached hydrogens (tertiary/aromatic N) is 1. The second-order valence-corrected chi connectivity index (χ2v) is 3.14. The summed E-state index contributed by atoms with van der Waals surface area (Å²) >= 11 is 0. The van der Waals surface area contributed by atoms with Gasteiger partial charge in [-0.05, 0) is 12.8 Å².